The van der Waals surface area contributed by atoms with Crippen molar-refractivity contribution in [3.05, 3.63) is 29.3 Å². The molecule has 1 aromatic rings. The second-order valence-corrected chi connectivity index (χ2v) is 7.46. The van der Waals surface area contributed by atoms with Crippen LogP contribution in [0.3, 0.4) is 0 Å². The zero-order valence-corrected chi connectivity index (χ0v) is 13.6. The number of benzene rings is 1. The first-order valence-corrected chi connectivity index (χ1v) is 8.89. The van der Waals surface area contributed by atoms with E-state index >= 15 is 0 Å². The van der Waals surface area contributed by atoms with Gasteiger partial charge in [0, 0.05) is 11.6 Å². The maximum Gasteiger partial charge on any atom is 0.251 e. The van der Waals surface area contributed by atoms with Crippen molar-refractivity contribution in [3.63, 3.8) is 0 Å². The maximum atomic E-state index is 12.4. The first-order valence-electron chi connectivity index (χ1n) is 7.34. The fraction of sp³-hybridized carbons (Fsp3) is 0.533. The van der Waals surface area contributed by atoms with Gasteiger partial charge in [0.15, 0.2) is 0 Å². The van der Waals surface area contributed by atoms with Crippen molar-refractivity contribution in [1.29, 1.82) is 0 Å². The quantitative estimate of drug-likeness (QED) is 0.747. The van der Waals surface area contributed by atoms with Gasteiger partial charge < -0.3 is 10.4 Å². The third-order valence-electron chi connectivity index (χ3n) is 4.26. The summed E-state index contributed by atoms with van der Waals surface area (Å²) in [6.45, 7) is 3.72. The Morgan fingerprint density at radius 1 is 1.45 bits per heavy atom. The van der Waals surface area contributed by atoms with Crippen LogP contribution in [0.15, 0.2) is 23.1 Å². The lowest BCUT2D eigenvalue weighted by Crippen LogP contribution is -2.46. The molecule has 122 valence electrons. The number of primary sulfonamides is 1. The zero-order valence-electron chi connectivity index (χ0n) is 12.7. The molecule has 1 amide bonds. The number of aliphatic hydroxyl groups excluding tert-OH is 1. The predicted molar refractivity (Wildman–Crippen MR) is 82.8 cm³/mol. The molecular weight excluding hydrogens is 304 g/mol. The van der Waals surface area contributed by atoms with E-state index in [0.717, 1.165) is 6.42 Å². The van der Waals surface area contributed by atoms with E-state index < -0.39 is 10.0 Å². The monoisotopic (exact) mass is 326 g/mol. The average molecular weight is 326 g/mol. The maximum absolute atomic E-state index is 12.4. The molecule has 0 heterocycles. The highest BCUT2D eigenvalue weighted by molar-refractivity contribution is 7.89. The summed E-state index contributed by atoms with van der Waals surface area (Å²) in [5, 5.41) is 17.4. The second kappa shape index (κ2) is 6.36. The van der Waals surface area contributed by atoms with Crippen LogP contribution >= 0.6 is 0 Å². The molecule has 1 aliphatic carbocycles. The highest BCUT2D eigenvalue weighted by Gasteiger charge is 2.34. The molecule has 22 heavy (non-hydrogen) atoms. The van der Waals surface area contributed by atoms with Crippen LogP contribution in [0.25, 0.3) is 0 Å². The van der Waals surface area contributed by atoms with E-state index in [1.54, 1.807) is 13.0 Å². The Hall–Kier alpha value is -1.44. The molecule has 0 spiro atoms. The topological polar surface area (TPSA) is 109 Å². The molecule has 6 nitrogen and oxygen atoms in total. The van der Waals surface area contributed by atoms with Gasteiger partial charge in [0.25, 0.3) is 5.91 Å². The summed E-state index contributed by atoms with van der Waals surface area (Å²) in [7, 11) is -3.84. The summed E-state index contributed by atoms with van der Waals surface area (Å²) in [5.74, 6) is -0.0399. The summed E-state index contributed by atoms with van der Waals surface area (Å²) in [6.07, 6.45) is 1.87. The Morgan fingerprint density at radius 3 is 2.59 bits per heavy atom. The van der Waals surface area contributed by atoms with Gasteiger partial charge in [-0.25, -0.2) is 13.6 Å². The predicted octanol–water partition coefficient (Wildman–Crippen LogP) is 0.922. The number of aryl methyl sites for hydroxylation is 1. The van der Waals surface area contributed by atoms with Gasteiger partial charge in [0.05, 0.1) is 11.0 Å². The van der Waals surface area contributed by atoms with E-state index in [0.29, 0.717) is 24.0 Å². The Balaban J connectivity index is 2.18. The molecule has 0 radical (unpaired) electrons. The van der Waals surface area contributed by atoms with Gasteiger partial charge >= 0.3 is 0 Å². The van der Waals surface area contributed by atoms with Gasteiger partial charge in [-0.05, 0) is 49.8 Å². The molecule has 1 saturated carbocycles. The number of aliphatic hydroxyl groups is 1. The van der Waals surface area contributed by atoms with Crippen molar-refractivity contribution in [1.82, 2.24) is 5.32 Å². The van der Waals surface area contributed by atoms with Crippen molar-refractivity contribution in [2.75, 3.05) is 0 Å². The van der Waals surface area contributed by atoms with Crippen molar-refractivity contribution >= 4 is 15.9 Å². The van der Waals surface area contributed by atoms with Crippen LogP contribution in [-0.2, 0) is 10.0 Å². The molecule has 0 saturated heterocycles. The largest absolute Gasteiger partial charge is 0.393 e. The molecule has 0 aliphatic heterocycles. The highest BCUT2D eigenvalue weighted by atomic mass is 32.2. The summed E-state index contributed by atoms with van der Waals surface area (Å²) >= 11 is 0. The molecule has 7 heteroatoms. The van der Waals surface area contributed by atoms with Crippen LogP contribution in [0.5, 0.6) is 0 Å². The number of hydrogen-bond acceptors (Lipinski definition) is 4. The van der Waals surface area contributed by atoms with Crippen LogP contribution < -0.4 is 10.5 Å². The van der Waals surface area contributed by atoms with Crippen molar-refractivity contribution in [2.45, 2.75) is 50.2 Å². The van der Waals surface area contributed by atoms with E-state index in [1.807, 2.05) is 6.92 Å². The first-order chi connectivity index (χ1) is 10.2. The van der Waals surface area contributed by atoms with Crippen LogP contribution in [0.2, 0.25) is 0 Å². The van der Waals surface area contributed by atoms with Crippen LogP contribution in [0.1, 0.15) is 42.1 Å². The second-order valence-electron chi connectivity index (χ2n) is 5.90. The summed E-state index contributed by atoms with van der Waals surface area (Å²) in [6, 6.07) is 4.25. The van der Waals surface area contributed by atoms with Crippen molar-refractivity contribution < 1.29 is 18.3 Å². The molecule has 0 unspecified atom stereocenters. The number of nitrogens with one attached hydrogen (secondary N) is 1. The SMILES string of the molecule is CC[C@H](NC(=O)c1cc(S(N)(=O)=O)ccc1C)C1CC(O)C1. The summed E-state index contributed by atoms with van der Waals surface area (Å²) in [4.78, 5) is 12.4. The van der Waals surface area contributed by atoms with Gasteiger partial charge in [-0.3, -0.25) is 4.79 Å². The van der Waals surface area contributed by atoms with E-state index in [1.165, 1.54) is 12.1 Å². The molecule has 0 aromatic heterocycles. The number of carbonyl (C=O) groups excluding carboxylic acids is 1. The third kappa shape index (κ3) is 3.66. The summed E-state index contributed by atoms with van der Waals surface area (Å²) in [5.41, 5.74) is 0.998. The number of amides is 1. The van der Waals surface area contributed by atoms with E-state index in [-0.39, 0.29) is 28.9 Å². The molecule has 2 rings (SSSR count). The minimum absolute atomic E-state index is 0.0200. The van der Waals surface area contributed by atoms with E-state index in [9.17, 15) is 18.3 Å². The fourth-order valence-electron chi connectivity index (χ4n) is 2.78. The molecular formula is C15H22N2O4S. The third-order valence-corrected chi connectivity index (χ3v) is 5.17. The number of carbonyl (C=O) groups is 1. The van der Waals surface area contributed by atoms with Gasteiger partial charge in [-0.1, -0.05) is 13.0 Å². The average Bonchev–Trinajstić information content (AvgIpc) is 2.40. The highest BCUT2D eigenvalue weighted by Crippen LogP contribution is 2.31. The summed E-state index contributed by atoms with van der Waals surface area (Å²) < 4.78 is 22.8. The standard InChI is InChI=1S/C15H22N2O4S/c1-3-14(10-6-11(18)7-10)17-15(19)13-8-12(22(16,20)21)5-4-9(13)2/h4-5,8,10-11,14,18H,3,6-7H2,1-2H3,(H,17,19)(H2,16,20,21)/t10?,11?,14-/m0/s1. The molecule has 1 aliphatic rings. The lowest BCUT2D eigenvalue weighted by atomic mass is 9.76. The van der Waals surface area contributed by atoms with Crippen LogP contribution in [0.4, 0.5) is 0 Å². The van der Waals surface area contributed by atoms with Crippen LogP contribution in [-0.4, -0.2) is 31.6 Å². The Morgan fingerprint density at radius 2 is 2.09 bits per heavy atom. The van der Waals surface area contributed by atoms with Gasteiger partial charge in [-0.15, -0.1) is 0 Å². The van der Waals surface area contributed by atoms with Crippen molar-refractivity contribution in [3.8, 4) is 0 Å². The smallest absolute Gasteiger partial charge is 0.251 e. The van der Waals surface area contributed by atoms with Gasteiger partial charge in [0.2, 0.25) is 10.0 Å². The van der Waals surface area contributed by atoms with Gasteiger partial charge in [0.1, 0.15) is 0 Å². The number of nitrogens with two attached hydrogens (primary N) is 1. The molecule has 4 N–H and O–H groups in total. The molecule has 1 fully saturated rings. The lowest BCUT2D eigenvalue weighted by molar-refractivity contribution is 0.0232. The van der Waals surface area contributed by atoms with Crippen LogP contribution in [0, 0.1) is 12.8 Å². The van der Waals surface area contributed by atoms with E-state index in [2.05, 4.69) is 5.32 Å². The van der Waals surface area contributed by atoms with Crippen molar-refractivity contribution in [2.24, 2.45) is 11.1 Å². The normalized spacial score (nSPS) is 22.7. The molecule has 1 atom stereocenters. The Bertz CT molecular complexity index is 666. The lowest BCUT2D eigenvalue weighted by Gasteiger charge is -2.37. The molecule has 0 bridgehead atoms. The number of rotatable bonds is 5. The molecule has 1 aromatic carbocycles. The number of hydrogen-bond donors (Lipinski definition) is 3. The van der Waals surface area contributed by atoms with E-state index in [4.69, 9.17) is 5.14 Å². The fourth-order valence-corrected chi connectivity index (χ4v) is 3.32. The Labute approximate surface area is 130 Å². The zero-order chi connectivity index (χ0) is 16.5. The number of sulfonamides is 1. The first kappa shape index (κ1) is 16.9. The minimum atomic E-state index is -3.84. The minimum Gasteiger partial charge on any atom is -0.393 e. The van der Waals surface area contributed by atoms with Gasteiger partial charge in [-0.2, -0.15) is 0 Å². The Kier molecular flexibility index (Phi) is 4.89.